The van der Waals surface area contributed by atoms with E-state index in [0.29, 0.717) is 30.1 Å². The van der Waals surface area contributed by atoms with Crippen molar-refractivity contribution in [2.24, 2.45) is 0 Å². The van der Waals surface area contributed by atoms with Gasteiger partial charge >= 0.3 is 5.97 Å². The van der Waals surface area contributed by atoms with E-state index in [-0.39, 0.29) is 11.0 Å². The van der Waals surface area contributed by atoms with Gasteiger partial charge in [-0.25, -0.2) is 24.1 Å². The smallest absolute Gasteiger partial charge is 0.326 e. The largest absolute Gasteiger partial charge is 0.480 e. The molecule has 1 unspecified atom stereocenters. The predicted octanol–water partition coefficient (Wildman–Crippen LogP) is 2.64. The molecule has 7 nitrogen and oxygen atoms in total. The minimum atomic E-state index is -0.898. The highest BCUT2D eigenvalue weighted by Gasteiger charge is 2.32. The van der Waals surface area contributed by atoms with E-state index < -0.39 is 17.8 Å². The number of aromatic nitrogens is 4. The van der Waals surface area contributed by atoms with Crippen molar-refractivity contribution < 1.29 is 14.3 Å². The van der Waals surface area contributed by atoms with Crippen molar-refractivity contribution in [1.82, 2.24) is 19.4 Å². The van der Waals surface area contributed by atoms with Crippen LogP contribution >= 0.6 is 11.6 Å². The van der Waals surface area contributed by atoms with Gasteiger partial charge < -0.3 is 10.0 Å². The molecule has 0 aliphatic carbocycles. The molecule has 1 saturated heterocycles. The van der Waals surface area contributed by atoms with Crippen LogP contribution in [0.25, 0.3) is 17.2 Å². The highest BCUT2D eigenvalue weighted by Crippen LogP contribution is 2.28. The summed E-state index contributed by atoms with van der Waals surface area (Å²) in [4.78, 5) is 26.0. The third-order valence-electron chi connectivity index (χ3n) is 4.21. The van der Waals surface area contributed by atoms with E-state index >= 15 is 0 Å². The van der Waals surface area contributed by atoms with E-state index in [0.717, 1.165) is 6.42 Å². The minimum absolute atomic E-state index is 0.183. The van der Waals surface area contributed by atoms with Crippen molar-refractivity contribution in [3.63, 3.8) is 0 Å². The Hall–Kier alpha value is -2.74. The van der Waals surface area contributed by atoms with Crippen LogP contribution in [0.2, 0.25) is 5.15 Å². The molecule has 0 radical (unpaired) electrons. The number of carboxylic acids is 1. The first-order valence-electron chi connectivity index (χ1n) is 7.70. The molecule has 4 heterocycles. The monoisotopic (exact) mass is 361 g/mol. The van der Waals surface area contributed by atoms with Gasteiger partial charge in [-0.1, -0.05) is 11.6 Å². The van der Waals surface area contributed by atoms with Crippen LogP contribution in [-0.2, 0) is 4.79 Å². The van der Waals surface area contributed by atoms with E-state index in [1.807, 2.05) is 0 Å². The Bertz CT molecular complexity index is 976. The predicted molar refractivity (Wildman–Crippen MR) is 89.2 cm³/mol. The lowest BCUT2D eigenvalue weighted by Crippen LogP contribution is -2.36. The first-order chi connectivity index (χ1) is 12.0. The molecule has 0 spiro atoms. The molecule has 1 aliphatic rings. The molecule has 0 saturated carbocycles. The molecule has 1 atom stereocenters. The van der Waals surface area contributed by atoms with Crippen molar-refractivity contribution >= 4 is 29.0 Å². The number of carboxylic acid groups (broad SMARTS) is 1. The van der Waals surface area contributed by atoms with E-state index in [1.165, 1.54) is 28.9 Å². The maximum absolute atomic E-state index is 13.6. The van der Waals surface area contributed by atoms with Crippen molar-refractivity contribution in [3.8, 4) is 11.5 Å². The summed E-state index contributed by atoms with van der Waals surface area (Å²) in [5, 5.41) is 9.55. The van der Waals surface area contributed by atoms with Gasteiger partial charge in [0.05, 0.1) is 6.20 Å². The second kappa shape index (κ2) is 5.96. The maximum atomic E-state index is 13.6. The van der Waals surface area contributed by atoms with Crippen LogP contribution in [0.1, 0.15) is 12.8 Å². The first-order valence-corrected chi connectivity index (χ1v) is 8.08. The van der Waals surface area contributed by atoms with E-state index in [2.05, 4.69) is 15.0 Å². The van der Waals surface area contributed by atoms with Gasteiger partial charge in [-0.15, -0.1) is 0 Å². The van der Waals surface area contributed by atoms with Gasteiger partial charge in [-0.3, -0.25) is 4.40 Å². The lowest BCUT2D eigenvalue weighted by atomic mass is 10.2. The highest BCUT2D eigenvalue weighted by molar-refractivity contribution is 6.29. The molecule has 1 aliphatic heterocycles. The first kappa shape index (κ1) is 15.8. The molecule has 9 heteroatoms. The number of hydrogen-bond donors (Lipinski definition) is 1. The normalized spacial score (nSPS) is 17.4. The summed E-state index contributed by atoms with van der Waals surface area (Å²) in [6.07, 6.45) is 4.13. The number of nitrogens with zero attached hydrogens (tertiary/aromatic N) is 5. The van der Waals surface area contributed by atoms with Gasteiger partial charge in [0.1, 0.15) is 34.2 Å². The molecule has 0 amide bonds. The van der Waals surface area contributed by atoms with Gasteiger partial charge in [-0.05, 0) is 25.0 Å². The molecule has 4 rings (SSSR count). The van der Waals surface area contributed by atoms with E-state index in [4.69, 9.17) is 11.6 Å². The highest BCUT2D eigenvalue weighted by atomic mass is 35.5. The number of pyridine rings is 1. The van der Waals surface area contributed by atoms with E-state index in [9.17, 15) is 14.3 Å². The second-order valence-electron chi connectivity index (χ2n) is 5.78. The standard InChI is InChI=1S/C16H13ClFN5O2/c17-12-6-14(22-5-1-2-10(22)16(24)25)21-15(20-12)11-7-19-13-4-3-9(18)8-23(11)13/h3-4,6-8,10H,1-2,5H2,(H,24,25). The van der Waals surface area contributed by atoms with Crippen molar-refractivity contribution in [3.05, 3.63) is 41.6 Å². The van der Waals surface area contributed by atoms with Crippen LogP contribution in [0, 0.1) is 5.82 Å². The Morgan fingerprint density at radius 2 is 2.20 bits per heavy atom. The Morgan fingerprint density at radius 3 is 3.00 bits per heavy atom. The van der Waals surface area contributed by atoms with Gasteiger partial charge in [0.25, 0.3) is 0 Å². The number of halogens is 2. The molecule has 1 fully saturated rings. The fourth-order valence-electron chi connectivity index (χ4n) is 3.09. The zero-order valence-corrected chi connectivity index (χ0v) is 13.7. The summed E-state index contributed by atoms with van der Waals surface area (Å²) < 4.78 is 15.1. The quantitative estimate of drug-likeness (QED) is 0.722. The summed E-state index contributed by atoms with van der Waals surface area (Å²) in [5.74, 6) is -0.618. The third kappa shape index (κ3) is 2.78. The number of aliphatic carboxylic acids is 1. The molecule has 0 aromatic carbocycles. The molecule has 25 heavy (non-hydrogen) atoms. The van der Waals surface area contributed by atoms with Gasteiger partial charge in [-0.2, -0.15) is 0 Å². The van der Waals surface area contributed by atoms with Crippen molar-refractivity contribution in [1.29, 1.82) is 0 Å². The fraction of sp³-hybridized carbons (Fsp3) is 0.250. The zero-order chi connectivity index (χ0) is 17.6. The average Bonchev–Trinajstić information content (AvgIpc) is 3.21. The van der Waals surface area contributed by atoms with Crippen LogP contribution in [-0.4, -0.2) is 43.0 Å². The average molecular weight is 362 g/mol. The Balaban J connectivity index is 1.82. The number of imidazole rings is 1. The lowest BCUT2D eigenvalue weighted by Gasteiger charge is -2.22. The van der Waals surface area contributed by atoms with Crippen molar-refractivity contribution in [2.75, 3.05) is 11.4 Å². The molecular formula is C16H13ClFN5O2. The summed E-state index contributed by atoms with van der Waals surface area (Å²) in [6.45, 7) is 0.575. The number of hydrogen-bond acceptors (Lipinski definition) is 5. The summed E-state index contributed by atoms with van der Waals surface area (Å²) in [7, 11) is 0. The van der Waals surface area contributed by atoms with E-state index in [1.54, 1.807) is 11.0 Å². The summed E-state index contributed by atoms with van der Waals surface area (Å²) in [6, 6.07) is 3.76. The molecular weight excluding hydrogens is 349 g/mol. The fourth-order valence-corrected chi connectivity index (χ4v) is 3.26. The van der Waals surface area contributed by atoms with Crippen LogP contribution in [0.15, 0.2) is 30.6 Å². The summed E-state index contributed by atoms with van der Waals surface area (Å²) >= 11 is 6.13. The van der Waals surface area contributed by atoms with Crippen LogP contribution in [0.5, 0.6) is 0 Å². The SMILES string of the molecule is O=C(O)C1CCCN1c1cc(Cl)nc(-c2cnc3ccc(F)cn23)n1. The molecule has 0 bridgehead atoms. The Labute approximate surface area is 146 Å². The molecule has 3 aromatic heterocycles. The van der Waals surface area contributed by atoms with Gasteiger partial charge in [0.2, 0.25) is 0 Å². The number of fused-ring (bicyclic) bond motifs is 1. The van der Waals surface area contributed by atoms with Crippen molar-refractivity contribution in [2.45, 2.75) is 18.9 Å². The number of anilines is 1. The molecule has 128 valence electrons. The number of rotatable bonds is 3. The molecule has 1 N–H and O–H groups in total. The summed E-state index contributed by atoms with van der Waals surface area (Å²) in [5.41, 5.74) is 1.02. The van der Waals surface area contributed by atoms with Gasteiger partial charge in [0.15, 0.2) is 5.82 Å². The maximum Gasteiger partial charge on any atom is 0.326 e. The second-order valence-corrected chi connectivity index (χ2v) is 6.17. The Morgan fingerprint density at radius 1 is 1.36 bits per heavy atom. The van der Waals surface area contributed by atoms with Crippen LogP contribution < -0.4 is 4.90 Å². The topological polar surface area (TPSA) is 83.6 Å². The lowest BCUT2D eigenvalue weighted by molar-refractivity contribution is -0.138. The minimum Gasteiger partial charge on any atom is -0.480 e. The van der Waals surface area contributed by atoms with Crippen LogP contribution in [0.3, 0.4) is 0 Å². The zero-order valence-electron chi connectivity index (χ0n) is 12.9. The Kier molecular flexibility index (Phi) is 3.76. The number of carbonyl (C=O) groups is 1. The van der Waals surface area contributed by atoms with Gasteiger partial charge in [0, 0.05) is 18.8 Å². The molecule has 3 aromatic rings. The van der Waals surface area contributed by atoms with Crippen LogP contribution in [0.4, 0.5) is 10.2 Å². The third-order valence-corrected chi connectivity index (χ3v) is 4.41.